The minimum atomic E-state index is -0.247. The molecule has 0 spiro atoms. The van der Waals surface area contributed by atoms with E-state index in [2.05, 4.69) is 45.7 Å². The zero-order chi connectivity index (χ0) is 18.8. The summed E-state index contributed by atoms with van der Waals surface area (Å²) in [6, 6.07) is 15.0. The molecule has 0 aliphatic heterocycles. The van der Waals surface area contributed by atoms with Gasteiger partial charge in [-0.1, -0.05) is 41.6 Å². The Balaban J connectivity index is 1.65. The first-order chi connectivity index (χ1) is 13.2. The fourth-order valence-corrected chi connectivity index (χ4v) is 4.13. The van der Waals surface area contributed by atoms with Gasteiger partial charge in [0.15, 0.2) is 11.0 Å². The number of thioether (sulfide) groups is 1. The Kier molecular flexibility index (Phi) is 4.90. The van der Waals surface area contributed by atoms with Gasteiger partial charge in [0.25, 0.3) is 0 Å². The maximum absolute atomic E-state index is 14.0. The third-order valence-corrected chi connectivity index (χ3v) is 5.43. The van der Waals surface area contributed by atoms with E-state index in [1.807, 2.05) is 24.3 Å². The van der Waals surface area contributed by atoms with Crippen LogP contribution < -0.4 is 0 Å². The molecule has 0 radical (unpaired) electrons. The maximum Gasteiger partial charge on any atom is 0.191 e. The summed E-state index contributed by atoms with van der Waals surface area (Å²) >= 11 is 1.55. The molecule has 2 aromatic carbocycles. The predicted molar refractivity (Wildman–Crippen MR) is 107 cm³/mol. The minimum Gasteiger partial charge on any atom is -0.302 e. The average Bonchev–Trinajstić information content (AvgIpc) is 3.09. The molecule has 0 unspecified atom stereocenters. The van der Waals surface area contributed by atoms with Gasteiger partial charge in [-0.3, -0.25) is 4.98 Å². The normalized spacial score (nSPS) is 11.2. The van der Waals surface area contributed by atoms with E-state index in [0.29, 0.717) is 5.75 Å². The van der Waals surface area contributed by atoms with Gasteiger partial charge < -0.3 is 4.57 Å². The topological polar surface area (TPSA) is 43.6 Å². The summed E-state index contributed by atoms with van der Waals surface area (Å²) in [6.45, 7) is 4.90. The lowest BCUT2D eigenvalue weighted by molar-refractivity contribution is 0.628. The number of rotatable bonds is 5. The minimum absolute atomic E-state index is 0.247. The second-order valence-electron chi connectivity index (χ2n) is 6.35. The number of hydrogen-bond acceptors (Lipinski definition) is 4. The van der Waals surface area contributed by atoms with E-state index in [-0.39, 0.29) is 5.82 Å². The molecule has 0 aliphatic carbocycles. The van der Waals surface area contributed by atoms with Crippen molar-refractivity contribution < 1.29 is 4.39 Å². The van der Waals surface area contributed by atoms with Gasteiger partial charge in [0.2, 0.25) is 0 Å². The lowest BCUT2D eigenvalue weighted by Crippen LogP contribution is -2.00. The molecule has 4 aromatic rings. The summed E-state index contributed by atoms with van der Waals surface area (Å²) in [5, 5.41) is 10.4. The number of fused-ring (bicyclic) bond motifs is 1. The van der Waals surface area contributed by atoms with Crippen LogP contribution in [0, 0.1) is 12.7 Å². The van der Waals surface area contributed by atoms with Gasteiger partial charge >= 0.3 is 0 Å². The number of halogens is 1. The molecule has 0 amide bonds. The highest BCUT2D eigenvalue weighted by Crippen LogP contribution is 2.29. The fourth-order valence-electron chi connectivity index (χ4n) is 3.16. The standard InChI is InChI=1S/C21H19FN4S/c1-3-26-20(16-7-4-6-14(2)10-16)24-25-21(26)27-13-17-12-18(22)11-15-8-5-9-23-19(15)17/h4-12H,3,13H2,1-2H3. The van der Waals surface area contributed by atoms with Crippen LogP contribution in [0.2, 0.25) is 0 Å². The van der Waals surface area contributed by atoms with Crippen LogP contribution in [-0.4, -0.2) is 19.7 Å². The number of aromatic nitrogens is 4. The highest BCUT2D eigenvalue weighted by Gasteiger charge is 2.14. The second kappa shape index (κ2) is 7.48. The molecule has 0 saturated carbocycles. The van der Waals surface area contributed by atoms with Crippen molar-refractivity contribution in [3.63, 3.8) is 0 Å². The van der Waals surface area contributed by atoms with Crippen molar-refractivity contribution in [2.75, 3.05) is 0 Å². The van der Waals surface area contributed by atoms with E-state index in [9.17, 15) is 4.39 Å². The Morgan fingerprint density at radius 2 is 1.96 bits per heavy atom. The van der Waals surface area contributed by atoms with Gasteiger partial charge in [-0.05, 0) is 43.7 Å². The first-order valence-electron chi connectivity index (χ1n) is 8.82. The Hall–Kier alpha value is -2.73. The number of nitrogens with zero attached hydrogens (tertiary/aromatic N) is 4. The number of aryl methyl sites for hydroxylation is 1. The lowest BCUT2D eigenvalue weighted by atomic mass is 10.1. The zero-order valence-electron chi connectivity index (χ0n) is 15.2. The van der Waals surface area contributed by atoms with Crippen molar-refractivity contribution in [2.45, 2.75) is 31.3 Å². The van der Waals surface area contributed by atoms with Crippen molar-refractivity contribution in [3.05, 3.63) is 71.7 Å². The van der Waals surface area contributed by atoms with Crippen LogP contribution in [0.15, 0.2) is 59.9 Å². The van der Waals surface area contributed by atoms with Crippen LogP contribution in [0.3, 0.4) is 0 Å². The van der Waals surface area contributed by atoms with E-state index in [0.717, 1.165) is 39.6 Å². The Labute approximate surface area is 161 Å². The Morgan fingerprint density at radius 1 is 1.07 bits per heavy atom. The number of pyridine rings is 1. The zero-order valence-corrected chi connectivity index (χ0v) is 16.0. The molecule has 6 heteroatoms. The molecule has 136 valence electrons. The second-order valence-corrected chi connectivity index (χ2v) is 7.29. The Bertz CT molecular complexity index is 1110. The van der Waals surface area contributed by atoms with Gasteiger partial charge in [0, 0.05) is 29.4 Å². The molecule has 2 heterocycles. The predicted octanol–water partition coefficient (Wildman–Crippen LogP) is 5.25. The summed E-state index contributed by atoms with van der Waals surface area (Å²) in [5.41, 5.74) is 3.92. The van der Waals surface area contributed by atoms with E-state index in [1.165, 1.54) is 11.6 Å². The van der Waals surface area contributed by atoms with Crippen LogP contribution in [0.4, 0.5) is 4.39 Å². The molecule has 0 bridgehead atoms. The number of benzene rings is 2. The summed E-state index contributed by atoms with van der Waals surface area (Å²) in [7, 11) is 0. The van der Waals surface area contributed by atoms with Gasteiger partial charge in [0.1, 0.15) is 5.82 Å². The average molecular weight is 378 g/mol. The first kappa shape index (κ1) is 17.7. The first-order valence-corrected chi connectivity index (χ1v) is 9.80. The van der Waals surface area contributed by atoms with Crippen molar-refractivity contribution in [2.24, 2.45) is 0 Å². The molecule has 0 N–H and O–H groups in total. The summed E-state index contributed by atoms with van der Waals surface area (Å²) in [5.74, 6) is 1.19. The van der Waals surface area contributed by atoms with Gasteiger partial charge in [-0.2, -0.15) is 0 Å². The molecule has 0 aliphatic rings. The molecule has 4 nitrogen and oxygen atoms in total. The van der Waals surface area contributed by atoms with Crippen LogP contribution in [0.25, 0.3) is 22.3 Å². The molecule has 27 heavy (non-hydrogen) atoms. The van der Waals surface area contributed by atoms with Gasteiger partial charge in [-0.15, -0.1) is 10.2 Å². The monoisotopic (exact) mass is 378 g/mol. The summed E-state index contributed by atoms with van der Waals surface area (Å²) in [6.07, 6.45) is 1.73. The Morgan fingerprint density at radius 3 is 2.78 bits per heavy atom. The van der Waals surface area contributed by atoms with Crippen LogP contribution in [0.1, 0.15) is 18.1 Å². The van der Waals surface area contributed by atoms with Crippen molar-refractivity contribution in [3.8, 4) is 11.4 Å². The van der Waals surface area contributed by atoms with Crippen LogP contribution in [0.5, 0.6) is 0 Å². The molecule has 0 atom stereocenters. The van der Waals surface area contributed by atoms with E-state index in [4.69, 9.17) is 0 Å². The highest BCUT2D eigenvalue weighted by molar-refractivity contribution is 7.98. The quantitative estimate of drug-likeness (QED) is 0.445. The van der Waals surface area contributed by atoms with Crippen molar-refractivity contribution in [1.29, 1.82) is 0 Å². The number of hydrogen-bond donors (Lipinski definition) is 0. The highest BCUT2D eigenvalue weighted by atomic mass is 32.2. The summed E-state index contributed by atoms with van der Waals surface area (Å²) in [4.78, 5) is 4.42. The molecular formula is C21H19FN4S. The fraction of sp³-hybridized carbons (Fsp3) is 0.190. The SMILES string of the molecule is CCn1c(SCc2cc(F)cc3cccnc23)nnc1-c1cccc(C)c1. The largest absolute Gasteiger partial charge is 0.302 e. The summed E-state index contributed by atoms with van der Waals surface area (Å²) < 4.78 is 16.1. The molecular weight excluding hydrogens is 359 g/mol. The lowest BCUT2D eigenvalue weighted by Gasteiger charge is -2.09. The van der Waals surface area contributed by atoms with E-state index < -0.39 is 0 Å². The van der Waals surface area contributed by atoms with Gasteiger partial charge in [0.05, 0.1) is 5.52 Å². The smallest absolute Gasteiger partial charge is 0.191 e. The van der Waals surface area contributed by atoms with E-state index in [1.54, 1.807) is 24.0 Å². The van der Waals surface area contributed by atoms with E-state index >= 15 is 0 Å². The van der Waals surface area contributed by atoms with Crippen LogP contribution >= 0.6 is 11.8 Å². The van der Waals surface area contributed by atoms with Crippen molar-refractivity contribution in [1.82, 2.24) is 19.7 Å². The third kappa shape index (κ3) is 3.57. The molecule has 2 aromatic heterocycles. The molecule has 0 fully saturated rings. The van der Waals surface area contributed by atoms with Crippen LogP contribution in [-0.2, 0) is 12.3 Å². The molecule has 0 saturated heterocycles. The molecule has 4 rings (SSSR count). The van der Waals surface area contributed by atoms with Crippen molar-refractivity contribution >= 4 is 22.7 Å². The maximum atomic E-state index is 14.0. The van der Waals surface area contributed by atoms with Gasteiger partial charge in [-0.25, -0.2) is 4.39 Å². The third-order valence-electron chi connectivity index (χ3n) is 4.41.